The Morgan fingerprint density at radius 2 is 2.00 bits per heavy atom. The first kappa shape index (κ1) is 27.1. The van der Waals surface area contributed by atoms with Crippen molar-refractivity contribution >= 4 is 29.1 Å². The Hall–Kier alpha value is -2.99. The molecule has 1 aliphatic rings. The number of benzene rings is 2. The maximum atomic E-state index is 15.6. The molecular weight excluding hydrogens is 519 g/mol. The van der Waals surface area contributed by atoms with Gasteiger partial charge in [0.15, 0.2) is 0 Å². The van der Waals surface area contributed by atoms with Crippen LogP contribution in [0.15, 0.2) is 48.9 Å². The van der Waals surface area contributed by atoms with E-state index in [4.69, 9.17) is 23.2 Å². The fraction of sp³-hybridized carbons (Fsp3) is 0.370. The third kappa shape index (κ3) is 5.22. The van der Waals surface area contributed by atoms with E-state index in [0.717, 1.165) is 6.07 Å². The van der Waals surface area contributed by atoms with Crippen molar-refractivity contribution in [3.63, 3.8) is 0 Å². The number of aromatic amines is 1. The molecule has 4 atom stereocenters. The lowest BCUT2D eigenvalue weighted by atomic mass is 9.62. The number of carbonyl (C=O) groups is 1. The molecule has 0 radical (unpaired) electrons. The first-order valence-corrected chi connectivity index (χ1v) is 12.5. The van der Waals surface area contributed by atoms with Gasteiger partial charge in [-0.1, -0.05) is 62.2 Å². The number of nitrogens with zero attached hydrogens (tertiary/aromatic N) is 2. The third-order valence-electron chi connectivity index (χ3n) is 6.74. The second-order valence-corrected chi connectivity index (χ2v) is 11.3. The van der Waals surface area contributed by atoms with Gasteiger partial charge in [0, 0.05) is 28.7 Å². The molecule has 2 aromatic carbocycles. The Labute approximate surface area is 224 Å². The van der Waals surface area contributed by atoms with E-state index in [0.29, 0.717) is 12.1 Å². The normalized spacial score (nSPS) is 23.6. The fourth-order valence-corrected chi connectivity index (χ4v) is 5.57. The van der Waals surface area contributed by atoms with Crippen molar-refractivity contribution in [2.75, 3.05) is 0 Å². The van der Waals surface area contributed by atoms with Gasteiger partial charge in [-0.3, -0.25) is 4.79 Å². The molecule has 2 heterocycles. The fourth-order valence-electron chi connectivity index (χ4n) is 5.23. The first-order chi connectivity index (χ1) is 17.5. The molecule has 37 heavy (non-hydrogen) atoms. The van der Waals surface area contributed by atoms with Crippen LogP contribution in [-0.2, 0) is 16.8 Å². The van der Waals surface area contributed by atoms with Crippen molar-refractivity contribution in [2.45, 2.75) is 57.2 Å². The molecule has 0 aliphatic carbocycles. The molecule has 0 spiro atoms. The molecule has 10 heteroatoms. The summed E-state index contributed by atoms with van der Waals surface area (Å²) in [6.45, 7) is 6.08. The van der Waals surface area contributed by atoms with Crippen LogP contribution >= 0.6 is 23.2 Å². The van der Waals surface area contributed by atoms with E-state index in [1.165, 1.54) is 30.6 Å². The van der Waals surface area contributed by atoms with Crippen LogP contribution in [0.5, 0.6) is 0 Å². The quantitative estimate of drug-likeness (QED) is 0.374. The molecule has 4 rings (SSSR count). The van der Waals surface area contributed by atoms with Crippen LogP contribution < -0.4 is 10.6 Å². The molecule has 1 amide bonds. The van der Waals surface area contributed by atoms with Crippen LogP contribution in [0.2, 0.25) is 10.0 Å². The summed E-state index contributed by atoms with van der Waals surface area (Å²) in [5.41, 5.74) is -1.23. The standard InChI is InChI=1S/C27H27Cl2F2N5O/c1-26(2,3)10-21-27(13-32,18-8-7-15(28)9-20(18)30)22(17-5-4-6-19(29)23(17)31)24(36-21)25(37)34-12-16-11-33-14-35-16/h4-9,11,14,21-22,24,36H,10,12H2,1-3H3,(H,33,35)(H,34,37). The van der Waals surface area contributed by atoms with Gasteiger partial charge in [-0.15, -0.1) is 0 Å². The number of H-pyrrole nitrogens is 1. The van der Waals surface area contributed by atoms with E-state index in [9.17, 15) is 10.1 Å². The summed E-state index contributed by atoms with van der Waals surface area (Å²) in [6.07, 6.45) is 3.45. The number of hydrogen-bond acceptors (Lipinski definition) is 4. The molecule has 1 aliphatic heterocycles. The summed E-state index contributed by atoms with van der Waals surface area (Å²) in [4.78, 5) is 20.5. The second-order valence-electron chi connectivity index (χ2n) is 10.5. The number of imidazole rings is 1. The van der Waals surface area contributed by atoms with Gasteiger partial charge in [0.2, 0.25) is 5.91 Å². The lowest BCUT2D eigenvalue weighted by molar-refractivity contribution is -0.123. The van der Waals surface area contributed by atoms with Crippen molar-refractivity contribution in [3.8, 4) is 6.07 Å². The number of rotatable bonds is 6. The summed E-state index contributed by atoms with van der Waals surface area (Å²) >= 11 is 12.2. The zero-order chi connectivity index (χ0) is 27.0. The number of halogens is 4. The summed E-state index contributed by atoms with van der Waals surface area (Å²) in [5.74, 6) is -3.04. The van der Waals surface area contributed by atoms with Gasteiger partial charge in [0.25, 0.3) is 0 Å². The van der Waals surface area contributed by atoms with E-state index in [2.05, 4.69) is 26.7 Å². The zero-order valence-electron chi connectivity index (χ0n) is 20.6. The van der Waals surface area contributed by atoms with Gasteiger partial charge in [-0.05, 0) is 35.6 Å². The molecule has 3 N–H and O–H groups in total. The van der Waals surface area contributed by atoms with Gasteiger partial charge in [-0.2, -0.15) is 5.26 Å². The predicted octanol–water partition coefficient (Wildman–Crippen LogP) is 5.63. The van der Waals surface area contributed by atoms with Crippen molar-refractivity contribution in [3.05, 3.63) is 87.4 Å². The Morgan fingerprint density at radius 1 is 1.24 bits per heavy atom. The molecule has 1 aromatic heterocycles. The van der Waals surface area contributed by atoms with Crippen LogP contribution in [0, 0.1) is 28.4 Å². The Morgan fingerprint density at radius 3 is 2.62 bits per heavy atom. The number of carbonyl (C=O) groups excluding carboxylic acids is 1. The SMILES string of the molecule is CC(C)(C)CC1NC(C(=O)NCc2cnc[nH]2)C(c2cccc(Cl)c2F)C1(C#N)c1ccc(Cl)cc1F. The van der Waals surface area contributed by atoms with Gasteiger partial charge in [-0.25, -0.2) is 13.8 Å². The maximum Gasteiger partial charge on any atom is 0.238 e. The van der Waals surface area contributed by atoms with E-state index in [1.807, 2.05) is 20.8 Å². The van der Waals surface area contributed by atoms with E-state index >= 15 is 8.78 Å². The molecular formula is C27H27Cl2F2N5O. The largest absolute Gasteiger partial charge is 0.349 e. The molecule has 1 saturated heterocycles. The van der Waals surface area contributed by atoms with Gasteiger partial charge in [0.05, 0.1) is 35.7 Å². The second kappa shape index (κ2) is 10.4. The van der Waals surface area contributed by atoms with E-state index in [-0.39, 0.29) is 33.1 Å². The van der Waals surface area contributed by atoms with Gasteiger partial charge < -0.3 is 15.6 Å². The Kier molecular flexibility index (Phi) is 7.61. The summed E-state index contributed by atoms with van der Waals surface area (Å²) in [7, 11) is 0. The van der Waals surface area contributed by atoms with E-state index < -0.39 is 41.0 Å². The number of hydrogen-bond donors (Lipinski definition) is 3. The summed E-state index contributed by atoms with van der Waals surface area (Å²) in [6, 6.07) is 9.03. The predicted molar refractivity (Wildman–Crippen MR) is 138 cm³/mol. The Bertz CT molecular complexity index is 1340. The average Bonchev–Trinajstić information content (AvgIpc) is 3.45. The van der Waals surface area contributed by atoms with Crippen LogP contribution in [-0.4, -0.2) is 28.0 Å². The highest BCUT2D eigenvalue weighted by atomic mass is 35.5. The Balaban J connectivity index is 1.92. The molecule has 0 saturated carbocycles. The molecule has 6 nitrogen and oxygen atoms in total. The van der Waals surface area contributed by atoms with Crippen LogP contribution in [0.1, 0.15) is 49.9 Å². The molecule has 1 fully saturated rings. The third-order valence-corrected chi connectivity index (χ3v) is 7.27. The average molecular weight is 546 g/mol. The molecule has 4 unspecified atom stereocenters. The number of nitrogens with one attached hydrogen (secondary N) is 3. The number of aromatic nitrogens is 2. The van der Waals surface area contributed by atoms with Crippen LogP contribution in [0.3, 0.4) is 0 Å². The summed E-state index contributed by atoms with van der Waals surface area (Å²) in [5, 5.41) is 16.9. The summed E-state index contributed by atoms with van der Waals surface area (Å²) < 4.78 is 31.2. The number of amides is 1. The minimum atomic E-state index is -1.66. The van der Waals surface area contributed by atoms with Crippen molar-refractivity contribution in [1.29, 1.82) is 5.26 Å². The number of nitriles is 1. The van der Waals surface area contributed by atoms with Crippen molar-refractivity contribution in [1.82, 2.24) is 20.6 Å². The van der Waals surface area contributed by atoms with Gasteiger partial charge >= 0.3 is 0 Å². The lowest BCUT2D eigenvalue weighted by Crippen LogP contribution is -2.45. The molecule has 0 bridgehead atoms. The minimum absolute atomic E-state index is 0.0365. The highest BCUT2D eigenvalue weighted by Crippen LogP contribution is 2.52. The van der Waals surface area contributed by atoms with Gasteiger partial charge in [0.1, 0.15) is 17.0 Å². The van der Waals surface area contributed by atoms with E-state index in [1.54, 1.807) is 12.3 Å². The van der Waals surface area contributed by atoms with Crippen molar-refractivity contribution in [2.24, 2.45) is 5.41 Å². The monoisotopic (exact) mass is 545 g/mol. The molecule has 194 valence electrons. The maximum absolute atomic E-state index is 15.6. The van der Waals surface area contributed by atoms with Crippen LogP contribution in [0.25, 0.3) is 0 Å². The topological polar surface area (TPSA) is 93.6 Å². The lowest BCUT2D eigenvalue weighted by Gasteiger charge is -2.37. The zero-order valence-corrected chi connectivity index (χ0v) is 22.1. The highest BCUT2D eigenvalue weighted by molar-refractivity contribution is 6.31. The molecule has 3 aromatic rings. The smallest absolute Gasteiger partial charge is 0.238 e. The van der Waals surface area contributed by atoms with Crippen LogP contribution in [0.4, 0.5) is 8.78 Å². The first-order valence-electron chi connectivity index (χ1n) is 11.8. The highest BCUT2D eigenvalue weighted by Gasteiger charge is 2.61. The van der Waals surface area contributed by atoms with Crippen molar-refractivity contribution < 1.29 is 13.6 Å². The minimum Gasteiger partial charge on any atom is -0.349 e.